The van der Waals surface area contributed by atoms with Crippen molar-refractivity contribution >= 4 is 17.1 Å². The zero-order chi connectivity index (χ0) is 21.8. The Balaban J connectivity index is 1.70. The Morgan fingerprint density at radius 1 is 1.23 bits per heavy atom. The van der Waals surface area contributed by atoms with Crippen LogP contribution >= 0.6 is 0 Å². The van der Waals surface area contributed by atoms with Crippen LogP contribution in [0.4, 0.5) is 4.39 Å². The van der Waals surface area contributed by atoms with E-state index >= 15 is 0 Å². The van der Waals surface area contributed by atoms with Gasteiger partial charge in [-0.15, -0.1) is 0 Å². The first-order chi connectivity index (χ1) is 15.1. The van der Waals surface area contributed by atoms with Crippen LogP contribution < -0.4 is 0 Å². The Labute approximate surface area is 183 Å². The van der Waals surface area contributed by atoms with Crippen LogP contribution in [0.5, 0.6) is 0 Å². The molecule has 3 aromatic rings. The molecule has 4 rings (SSSR count). The number of hydrogen-bond donors (Lipinski definition) is 0. The van der Waals surface area contributed by atoms with E-state index in [4.69, 9.17) is 4.98 Å². The highest BCUT2D eigenvalue weighted by atomic mass is 19.1. The molecule has 1 fully saturated rings. The van der Waals surface area contributed by atoms with E-state index in [1.54, 1.807) is 12.3 Å². The molecule has 2 heterocycles. The number of aromatic nitrogens is 3. The maximum absolute atomic E-state index is 13.9. The number of unbranched alkanes of at least 4 members (excludes halogenated alkanes) is 2. The van der Waals surface area contributed by atoms with E-state index in [2.05, 4.69) is 16.5 Å². The van der Waals surface area contributed by atoms with Gasteiger partial charge in [0.15, 0.2) is 5.65 Å². The molecule has 0 saturated heterocycles. The van der Waals surface area contributed by atoms with Gasteiger partial charge in [0.05, 0.1) is 6.54 Å². The van der Waals surface area contributed by atoms with Gasteiger partial charge in [-0.3, -0.25) is 4.79 Å². The van der Waals surface area contributed by atoms with Gasteiger partial charge in [0.1, 0.15) is 17.2 Å². The predicted molar refractivity (Wildman–Crippen MR) is 120 cm³/mol. The topological polar surface area (TPSA) is 51.0 Å². The second-order valence-electron chi connectivity index (χ2n) is 8.58. The van der Waals surface area contributed by atoms with Gasteiger partial charge in [0, 0.05) is 24.3 Å². The van der Waals surface area contributed by atoms with Crippen molar-refractivity contribution in [3.63, 3.8) is 0 Å². The van der Waals surface area contributed by atoms with Gasteiger partial charge < -0.3 is 9.47 Å². The van der Waals surface area contributed by atoms with Crippen molar-refractivity contribution in [1.82, 2.24) is 19.4 Å². The van der Waals surface area contributed by atoms with Crippen LogP contribution in [0, 0.1) is 12.7 Å². The van der Waals surface area contributed by atoms with E-state index in [-0.39, 0.29) is 11.7 Å². The number of carbonyl (C=O) groups is 1. The fourth-order valence-corrected chi connectivity index (χ4v) is 4.60. The van der Waals surface area contributed by atoms with Crippen molar-refractivity contribution in [1.29, 1.82) is 0 Å². The lowest BCUT2D eigenvalue weighted by Gasteiger charge is -2.25. The SMILES string of the molecule is CCCCCN(Cc1nc2cccnc2n1C1CCCC1)C(=O)c1cc(F)ccc1C. The van der Waals surface area contributed by atoms with Crippen molar-refractivity contribution in [2.45, 2.75) is 71.4 Å². The third kappa shape index (κ3) is 4.63. The minimum Gasteiger partial charge on any atom is -0.331 e. The van der Waals surface area contributed by atoms with Crippen molar-refractivity contribution in [2.24, 2.45) is 0 Å². The lowest BCUT2D eigenvalue weighted by Crippen LogP contribution is -2.33. The summed E-state index contributed by atoms with van der Waals surface area (Å²) in [6.45, 7) is 5.04. The van der Waals surface area contributed by atoms with Crippen LogP contribution in [0.3, 0.4) is 0 Å². The molecular formula is C25H31FN4O. The van der Waals surface area contributed by atoms with Gasteiger partial charge in [0.25, 0.3) is 5.91 Å². The molecule has 0 radical (unpaired) electrons. The van der Waals surface area contributed by atoms with Crippen molar-refractivity contribution < 1.29 is 9.18 Å². The highest BCUT2D eigenvalue weighted by molar-refractivity contribution is 5.95. The van der Waals surface area contributed by atoms with Crippen molar-refractivity contribution in [3.8, 4) is 0 Å². The fourth-order valence-electron chi connectivity index (χ4n) is 4.60. The monoisotopic (exact) mass is 422 g/mol. The second kappa shape index (κ2) is 9.58. The molecule has 1 aromatic carbocycles. The Kier molecular flexibility index (Phi) is 6.64. The maximum atomic E-state index is 13.9. The number of amides is 1. The van der Waals surface area contributed by atoms with Crippen LogP contribution in [-0.2, 0) is 6.54 Å². The van der Waals surface area contributed by atoms with Gasteiger partial charge in [-0.25, -0.2) is 14.4 Å². The molecule has 6 heteroatoms. The average Bonchev–Trinajstić information content (AvgIpc) is 3.41. The normalized spacial score (nSPS) is 14.4. The Hall–Kier alpha value is -2.76. The molecule has 1 aliphatic rings. The number of hydrogen-bond acceptors (Lipinski definition) is 3. The highest BCUT2D eigenvalue weighted by Crippen LogP contribution is 2.33. The van der Waals surface area contributed by atoms with Gasteiger partial charge in [-0.05, 0) is 56.0 Å². The molecule has 1 saturated carbocycles. The number of carbonyl (C=O) groups excluding carboxylic acids is 1. The third-order valence-corrected chi connectivity index (χ3v) is 6.29. The maximum Gasteiger partial charge on any atom is 0.254 e. The molecule has 5 nitrogen and oxygen atoms in total. The zero-order valence-electron chi connectivity index (χ0n) is 18.5. The van der Waals surface area contributed by atoms with Gasteiger partial charge in [0.2, 0.25) is 0 Å². The number of pyridine rings is 1. The van der Waals surface area contributed by atoms with Crippen LogP contribution in [-0.4, -0.2) is 31.9 Å². The molecule has 0 spiro atoms. The van der Waals surface area contributed by atoms with Crippen molar-refractivity contribution in [3.05, 3.63) is 59.3 Å². The molecule has 0 unspecified atom stereocenters. The summed E-state index contributed by atoms with van der Waals surface area (Å²) in [6.07, 6.45) is 9.48. The minimum atomic E-state index is -0.384. The molecule has 31 heavy (non-hydrogen) atoms. The summed E-state index contributed by atoms with van der Waals surface area (Å²) in [5.41, 5.74) is 2.98. The first-order valence-electron chi connectivity index (χ1n) is 11.5. The molecule has 0 atom stereocenters. The van der Waals surface area contributed by atoms with E-state index < -0.39 is 0 Å². The van der Waals surface area contributed by atoms with E-state index in [1.165, 1.54) is 25.0 Å². The van der Waals surface area contributed by atoms with E-state index in [9.17, 15) is 9.18 Å². The zero-order valence-corrected chi connectivity index (χ0v) is 18.5. The lowest BCUT2D eigenvalue weighted by molar-refractivity contribution is 0.0732. The minimum absolute atomic E-state index is 0.133. The Morgan fingerprint density at radius 2 is 2.03 bits per heavy atom. The Bertz CT molecular complexity index is 1050. The number of imidazole rings is 1. The average molecular weight is 423 g/mol. The Morgan fingerprint density at radius 3 is 2.81 bits per heavy atom. The van der Waals surface area contributed by atoms with Crippen LogP contribution in [0.2, 0.25) is 0 Å². The van der Waals surface area contributed by atoms with Crippen LogP contribution in [0.15, 0.2) is 36.5 Å². The molecule has 0 bridgehead atoms. The van der Waals surface area contributed by atoms with E-state index in [0.29, 0.717) is 24.7 Å². The van der Waals surface area contributed by atoms with Gasteiger partial charge in [-0.1, -0.05) is 38.7 Å². The predicted octanol–water partition coefficient (Wildman–Crippen LogP) is 5.83. The summed E-state index contributed by atoms with van der Waals surface area (Å²) in [5, 5.41) is 0. The summed E-state index contributed by atoms with van der Waals surface area (Å²) < 4.78 is 16.2. The molecular weight excluding hydrogens is 391 g/mol. The lowest BCUT2D eigenvalue weighted by atomic mass is 10.1. The summed E-state index contributed by atoms with van der Waals surface area (Å²) in [7, 11) is 0. The first kappa shape index (κ1) is 21.5. The van der Waals surface area contributed by atoms with E-state index in [0.717, 1.165) is 54.7 Å². The third-order valence-electron chi connectivity index (χ3n) is 6.29. The summed E-state index contributed by atoms with van der Waals surface area (Å²) in [4.78, 5) is 24.8. The first-order valence-corrected chi connectivity index (χ1v) is 11.5. The number of benzene rings is 1. The summed E-state index contributed by atoms with van der Waals surface area (Å²) >= 11 is 0. The number of halogens is 1. The number of fused-ring (bicyclic) bond motifs is 1. The number of nitrogens with zero attached hydrogens (tertiary/aromatic N) is 4. The van der Waals surface area contributed by atoms with E-state index in [1.807, 2.05) is 24.0 Å². The fraction of sp³-hybridized carbons (Fsp3) is 0.480. The van der Waals surface area contributed by atoms with Gasteiger partial charge in [-0.2, -0.15) is 0 Å². The van der Waals surface area contributed by atoms with Gasteiger partial charge >= 0.3 is 0 Å². The molecule has 0 N–H and O–H groups in total. The summed E-state index contributed by atoms with van der Waals surface area (Å²) in [6, 6.07) is 8.68. The van der Waals surface area contributed by atoms with Crippen LogP contribution in [0.1, 0.15) is 79.7 Å². The van der Waals surface area contributed by atoms with Crippen molar-refractivity contribution in [2.75, 3.05) is 6.54 Å². The smallest absolute Gasteiger partial charge is 0.254 e. The highest BCUT2D eigenvalue weighted by Gasteiger charge is 2.26. The largest absolute Gasteiger partial charge is 0.331 e. The quantitative estimate of drug-likeness (QED) is 0.429. The van der Waals surface area contributed by atoms with Crippen LogP contribution in [0.25, 0.3) is 11.2 Å². The molecule has 2 aromatic heterocycles. The molecule has 1 amide bonds. The standard InChI is InChI=1S/C25H31FN4O/c1-3-4-7-15-29(25(31)21-16-19(26)13-12-18(21)2)17-23-28-22-11-8-14-27-24(22)30(23)20-9-5-6-10-20/h8,11-14,16,20H,3-7,9-10,15,17H2,1-2H3. The molecule has 1 aliphatic carbocycles. The number of aryl methyl sites for hydroxylation is 1. The second-order valence-corrected chi connectivity index (χ2v) is 8.58. The molecule has 164 valence electrons. The number of rotatable bonds is 8. The summed E-state index contributed by atoms with van der Waals surface area (Å²) in [5.74, 6) is 0.357. The molecule has 0 aliphatic heterocycles.